The van der Waals surface area contributed by atoms with Crippen LogP contribution in [0.1, 0.15) is 43.7 Å². The van der Waals surface area contributed by atoms with Gasteiger partial charge in [-0.05, 0) is 37.0 Å². The second-order valence-corrected chi connectivity index (χ2v) is 8.16. The van der Waals surface area contributed by atoms with E-state index >= 15 is 0 Å². The summed E-state index contributed by atoms with van der Waals surface area (Å²) >= 11 is 0. The van der Waals surface area contributed by atoms with Crippen molar-refractivity contribution in [3.8, 4) is 11.5 Å². The zero-order valence-electron chi connectivity index (χ0n) is 17.5. The number of amides is 1. The van der Waals surface area contributed by atoms with Crippen LogP contribution in [0.2, 0.25) is 0 Å². The third kappa shape index (κ3) is 5.12. The average Bonchev–Trinajstić information content (AvgIpc) is 3.27. The molecule has 160 valence electrons. The Morgan fingerprint density at radius 1 is 1.00 bits per heavy atom. The monoisotopic (exact) mass is 409 g/mol. The van der Waals surface area contributed by atoms with E-state index in [-0.39, 0.29) is 12.5 Å². The molecule has 2 aromatic carbocycles. The molecule has 0 bridgehead atoms. The molecule has 6 nitrogen and oxygen atoms in total. The number of carbonyl (C=O) groups is 1. The number of fused-ring (bicyclic) bond motifs is 1. The van der Waals surface area contributed by atoms with E-state index in [1.165, 1.54) is 5.56 Å². The number of para-hydroxylation sites is 2. The fourth-order valence-electron chi connectivity index (χ4n) is 4.13. The third-order valence-corrected chi connectivity index (χ3v) is 5.89. The van der Waals surface area contributed by atoms with Crippen molar-refractivity contribution in [2.24, 2.45) is 0 Å². The van der Waals surface area contributed by atoms with Crippen molar-refractivity contribution < 1.29 is 14.3 Å². The maximum absolute atomic E-state index is 12.7. The number of hydrazine groups is 1. The highest BCUT2D eigenvalue weighted by Gasteiger charge is 2.29. The molecule has 4 rings (SSSR count). The van der Waals surface area contributed by atoms with Gasteiger partial charge in [0.25, 0.3) is 5.91 Å². The number of hydrogen-bond acceptors (Lipinski definition) is 5. The molecule has 0 radical (unpaired) electrons. The lowest BCUT2D eigenvalue weighted by atomic mass is 9.99. The minimum atomic E-state index is -0.561. The first-order valence-corrected chi connectivity index (χ1v) is 10.9. The molecule has 0 aliphatic carbocycles. The normalized spacial score (nSPS) is 22.6. The SMILES string of the molecule is CN(CCCCCC1CC(c2ccccc2)NN1)C(=O)C1COc2ccccc2O1. The molecule has 2 N–H and O–H groups in total. The number of benzene rings is 2. The first-order chi connectivity index (χ1) is 14.7. The Hall–Kier alpha value is -2.57. The van der Waals surface area contributed by atoms with Crippen LogP contribution >= 0.6 is 0 Å². The van der Waals surface area contributed by atoms with Crippen molar-refractivity contribution in [1.82, 2.24) is 15.8 Å². The molecule has 1 fully saturated rings. The molecule has 0 saturated carbocycles. The average molecular weight is 410 g/mol. The molecule has 30 heavy (non-hydrogen) atoms. The van der Waals surface area contributed by atoms with Gasteiger partial charge in [-0.2, -0.15) is 0 Å². The molecule has 2 aromatic rings. The molecule has 3 atom stereocenters. The number of likely N-dealkylation sites (N-methyl/N-ethyl adjacent to an activating group) is 1. The Bertz CT molecular complexity index is 829. The van der Waals surface area contributed by atoms with Gasteiger partial charge < -0.3 is 14.4 Å². The maximum atomic E-state index is 12.7. The molecular weight excluding hydrogens is 378 g/mol. The number of nitrogens with zero attached hydrogens (tertiary/aromatic N) is 1. The van der Waals surface area contributed by atoms with Crippen LogP contribution in [0.4, 0.5) is 0 Å². The van der Waals surface area contributed by atoms with Crippen molar-refractivity contribution in [3.63, 3.8) is 0 Å². The molecule has 6 heteroatoms. The van der Waals surface area contributed by atoms with Crippen LogP contribution in [0.25, 0.3) is 0 Å². The number of hydrogen-bond donors (Lipinski definition) is 2. The Morgan fingerprint density at radius 2 is 1.77 bits per heavy atom. The second-order valence-electron chi connectivity index (χ2n) is 8.16. The van der Waals surface area contributed by atoms with Gasteiger partial charge in [-0.3, -0.25) is 15.6 Å². The first kappa shape index (κ1) is 20.7. The molecule has 2 aliphatic heterocycles. The fourth-order valence-corrected chi connectivity index (χ4v) is 4.13. The van der Waals surface area contributed by atoms with Crippen molar-refractivity contribution in [2.45, 2.75) is 50.3 Å². The van der Waals surface area contributed by atoms with Crippen molar-refractivity contribution >= 4 is 5.91 Å². The summed E-state index contributed by atoms with van der Waals surface area (Å²) < 4.78 is 11.5. The summed E-state index contributed by atoms with van der Waals surface area (Å²) in [6, 6.07) is 19.0. The van der Waals surface area contributed by atoms with Crippen LogP contribution in [0.15, 0.2) is 54.6 Å². The van der Waals surface area contributed by atoms with Crippen molar-refractivity contribution in [2.75, 3.05) is 20.2 Å². The van der Waals surface area contributed by atoms with Crippen LogP contribution in [0.3, 0.4) is 0 Å². The summed E-state index contributed by atoms with van der Waals surface area (Å²) in [5.41, 5.74) is 8.18. The minimum absolute atomic E-state index is 0.0168. The third-order valence-electron chi connectivity index (χ3n) is 5.89. The molecule has 2 aliphatic rings. The molecule has 3 unspecified atom stereocenters. The summed E-state index contributed by atoms with van der Waals surface area (Å²) in [5.74, 6) is 1.33. The molecule has 1 amide bonds. The molecule has 2 heterocycles. The molecule has 0 aromatic heterocycles. The van der Waals surface area contributed by atoms with E-state index in [9.17, 15) is 4.79 Å². The predicted octanol–water partition coefficient (Wildman–Crippen LogP) is 3.45. The lowest BCUT2D eigenvalue weighted by Gasteiger charge is -2.28. The van der Waals surface area contributed by atoms with E-state index < -0.39 is 6.10 Å². The van der Waals surface area contributed by atoms with Crippen LogP contribution in [0, 0.1) is 0 Å². The zero-order chi connectivity index (χ0) is 20.8. The van der Waals surface area contributed by atoms with Gasteiger partial charge in [0.15, 0.2) is 11.5 Å². The number of nitrogens with one attached hydrogen (secondary N) is 2. The highest BCUT2D eigenvalue weighted by atomic mass is 16.6. The van der Waals surface area contributed by atoms with E-state index in [0.717, 1.165) is 38.6 Å². The smallest absolute Gasteiger partial charge is 0.267 e. The Morgan fingerprint density at radius 3 is 2.60 bits per heavy atom. The number of rotatable bonds is 8. The summed E-state index contributed by atoms with van der Waals surface area (Å²) in [6.45, 7) is 1.01. The summed E-state index contributed by atoms with van der Waals surface area (Å²) in [5, 5.41) is 0. The first-order valence-electron chi connectivity index (χ1n) is 10.9. The van der Waals surface area contributed by atoms with E-state index in [1.54, 1.807) is 4.90 Å². The Kier molecular flexibility index (Phi) is 6.87. The maximum Gasteiger partial charge on any atom is 0.267 e. The van der Waals surface area contributed by atoms with Crippen LogP contribution in [-0.4, -0.2) is 43.2 Å². The lowest BCUT2D eigenvalue weighted by Crippen LogP contribution is -2.45. The highest BCUT2D eigenvalue weighted by Crippen LogP contribution is 2.31. The molecule has 0 spiro atoms. The number of unbranched alkanes of at least 4 members (excludes halogenated alkanes) is 2. The van der Waals surface area contributed by atoms with Gasteiger partial charge in [-0.25, -0.2) is 0 Å². The largest absolute Gasteiger partial charge is 0.485 e. The van der Waals surface area contributed by atoms with Crippen molar-refractivity contribution in [1.29, 1.82) is 0 Å². The van der Waals surface area contributed by atoms with Gasteiger partial charge >= 0.3 is 0 Å². The van der Waals surface area contributed by atoms with Gasteiger partial charge in [-0.15, -0.1) is 0 Å². The van der Waals surface area contributed by atoms with E-state index in [0.29, 0.717) is 23.6 Å². The lowest BCUT2D eigenvalue weighted by molar-refractivity contribution is -0.139. The number of carbonyl (C=O) groups excluding carboxylic acids is 1. The van der Waals surface area contributed by atoms with Gasteiger partial charge in [0, 0.05) is 25.7 Å². The van der Waals surface area contributed by atoms with E-state index in [4.69, 9.17) is 9.47 Å². The van der Waals surface area contributed by atoms with Gasteiger partial charge in [0.05, 0.1) is 0 Å². The number of ether oxygens (including phenoxy) is 2. The second kappa shape index (κ2) is 9.96. The topological polar surface area (TPSA) is 62.8 Å². The summed E-state index contributed by atoms with van der Waals surface area (Å²) in [7, 11) is 1.85. The fraction of sp³-hybridized carbons (Fsp3) is 0.458. The Balaban J connectivity index is 1.12. The predicted molar refractivity (Wildman–Crippen MR) is 116 cm³/mol. The van der Waals surface area contributed by atoms with Gasteiger partial charge in [0.2, 0.25) is 6.10 Å². The van der Waals surface area contributed by atoms with Gasteiger partial charge in [-0.1, -0.05) is 55.3 Å². The van der Waals surface area contributed by atoms with Crippen LogP contribution in [-0.2, 0) is 4.79 Å². The molecular formula is C24H31N3O3. The zero-order valence-corrected chi connectivity index (χ0v) is 17.5. The molecule has 1 saturated heterocycles. The van der Waals surface area contributed by atoms with Crippen molar-refractivity contribution in [3.05, 3.63) is 60.2 Å². The van der Waals surface area contributed by atoms with Crippen LogP contribution in [0.5, 0.6) is 11.5 Å². The highest BCUT2D eigenvalue weighted by molar-refractivity contribution is 5.81. The minimum Gasteiger partial charge on any atom is -0.485 e. The quantitative estimate of drug-likeness (QED) is 0.654. The van der Waals surface area contributed by atoms with E-state index in [2.05, 4.69) is 41.2 Å². The standard InChI is InChI=1S/C24H31N3O3/c1-27(24(28)23-17-29-21-13-7-8-14-22(21)30-23)15-9-3-6-12-19-16-20(26-25-19)18-10-4-2-5-11-18/h2,4-5,7-8,10-11,13-14,19-20,23,25-26H,3,6,9,12,15-17H2,1H3. The summed E-state index contributed by atoms with van der Waals surface area (Å²) in [6.07, 6.45) is 4.95. The summed E-state index contributed by atoms with van der Waals surface area (Å²) in [4.78, 5) is 14.4. The Labute approximate surface area is 178 Å². The van der Waals surface area contributed by atoms with Crippen LogP contribution < -0.4 is 20.3 Å². The van der Waals surface area contributed by atoms with Gasteiger partial charge in [0.1, 0.15) is 6.61 Å². The van der Waals surface area contributed by atoms with E-state index in [1.807, 2.05) is 31.3 Å².